The van der Waals surface area contributed by atoms with Crippen molar-refractivity contribution in [3.8, 4) is 11.1 Å². The summed E-state index contributed by atoms with van der Waals surface area (Å²) >= 11 is 0. The summed E-state index contributed by atoms with van der Waals surface area (Å²) in [5, 5.41) is 8.34. The molecule has 1 aliphatic heterocycles. The zero-order valence-corrected chi connectivity index (χ0v) is 22.2. The van der Waals surface area contributed by atoms with Crippen LogP contribution in [-0.4, -0.2) is 20.5 Å². The summed E-state index contributed by atoms with van der Waals surface area (Å²) in [6, 6.07) is 23.3. The van der Waals surface area contributed by atoms with Gasteiger partial charge in [0.05, 0.1) is 23.3 Å². The lowest BCUT2D eigenvalue weighted by Gasteiger charge is -2.38. The zero-order chi connectivity index (χ0) is 26.0. The Labute approximate surface area is 220 Å². The maximum atomic E-state index is 13.9. The van der Waals surface area contributed by atoms with E-state index in [4.69, 9.17) is 0 Å². The van der Waals surface area contributed by atoms with Crippen LogP contribution in [0.1, 0.15) is 80.9 Å². The van der Waals surface area contributed by atoms with E-state index in [9.17, 15) is 4.79 Å². The molecule has 5 rings (SSSR count). The molecule has 3 heterocycles. The fourth-order valence-corrected chi connectivity index (χ4v) is 5.80. The fourth-order valence-electron chi connectivity index (χ4n) is 5.80. The normalized spacial score (nSPS) is 16.6. The lowest BCUT2D eigenvalue weighted by molar-refractivity contribution is 0.0944. The second-order valence-electron chi connectivity index (χ2n) is 10.8. The van der Waals surface area contributed by atoms with Crippen molar-refractivity contribution in [2.45, 2.75) is 70.4 Å². The van der Waals surface area contributed by atoms with Crippen LogP contribution in [0.25, 0.3) is 11.1 Å². The summed E-state index contributed by atoms with van der Waals surface area (Å²) in [6.07, 6.45) is 8.55. The molecular weight excluding hydrogens is 456 g/mol. The number of carbonyl (C=O) groups excluding carboxylic acids is 1. The number of nitrogens with one attached hydrogen (secondary N) is 1. The molecule has 4 aromatic rings. The first kappa shape index (κ1) is 24.9. The van der Waals surface area contributed by atoms with Crippen LogP contribution in [0.4, 0.5) is 5.82 Å². The summed E-state index contributed by atoms with van der Waals surface area (Å²) in [5.74, 6) is 0.974. The number of anilines is 1. The summed E-state index contributed by atoms with van der Waals surface area (Å²) < 4.78 is 2.00. The summed E-state index contributed by atoms with van der Waals surface area (Å²) in [5.41, 5.74) is 4.91. The van der Waals surface area contributed by atoms with Gasteiger partial charge in [0.25, 0.3) is 0 Å². The summed E-state index contributed by atoms with van der Waals surface area (Å²) in [4.78, 5) is 18.2. The van der Waals surface area contributed by atoms with E-state index < -0.39 is 0 Å². The summed E-state index contributed by atoms with van der Waals surface area (Å²) in [6.45, 7) is 8.76. The molecule has 0 spiro atoms. The van der Waals surface area contributed by atoms with Gasteiger partial charge in [-0.2, -0.15) is 5.10 Å². The van der Waals surface area contributed by atoms with E-state index in [2.05, 4.69) is 97.7 Å². The second kappa shape index (κ2) is 9.97. The Morgan fingerprint density at radius 3 is 2.35 bits per heavy atom. The molecule has 1 atom stereocenters. The molecule has 37 heavy (non-hydrogen) atoms. The second-order valence-corrected chi connectivity index (χ2v) is 10.8. The number of fused-ring (bicyclic) bond motifs is 1. The molecular formula is C32H36N4O. The van der Waals surface area contributed by atoms with Crippen LogP contribution in [0.2, 0.25) is 0 Å². The number of pyridine rings is 1. The topological polar surface area (TPSA) is 59.8 Å². The average Bonchev–Trinajstić information content (AvgIpc) is 3.38. The number of carbonyl (C=O) groups is 1. The zero-order valence-electron chi connectivity index (χ0n) is 22.2. The Balaban J connectivity index is 1.44. The molecule has 5 heteroatoms. The van der Waals surface area contributed by atoms with Crippen molar-refractivity contribution in [3.05, 3.63) is 102 Å². The molecule has 0 aliphatic carbocycles. The Morgan fingerprint density at radius 1 is 0.973 bits per heavy atom. The van der Waals surface area contributed by atoms with Gasteiger partial charge in [-0.05, 0) is 61.4 Å². The molecule has 1 N–H and O–H groups in total. The van der Waals surface area contributed by atoms with Gasteiger partial charge in [0.15, 0.2) is 5.78 Å². The highest BCUT2D eigenvalue weighted by atomic mass is 16.1. The van der Waals surface area contributed by atoms with Crippen molar-refractivity contribution >= 4 is 11.6 Å². The highest BCUT2D eigenvalue weighted by Crippen LogP contribution is 2.42. The largest absolute Gasteiger partial charge is 0.363 e. The van der Waals surface area contributed by atoms with Crippen LogP contribution in [0, 0.1) is 0 Å². The fraction of sp³-hybridized carbons (Fsp3) is 0.344. The van der Waals surface area contributed by atoms with Crippen LogP contribution in [0.3, 0.4) is 0 Å². The minimum atomic E-state index is -0.234. The number of nitrogens with zero attached hydrogens (tertiary/aromatic N) is 3. The first-order chi connectivity index (χ1) is 17.9. The lowest BCUT2D eigenvalue weighted by atomic mass is 9.71. The van der Waals surface area contributed by atoms with Gasteiger partial charge in [-0.25, -0.2) is 4.68 Å². The van der Waals surface area contributed by atoms with Gasteiger partial charge in [-0.1, -0.05) is 74.5 Å². The molecule has 190 valence electrons. The molecule has 1 unspecified atom stereocenters. The van der Waals surface area contributed by atoms with Gasteiger partial charge in [-0.15, -0.1) is 0 Å². The molecule has 5 nitrogen and oxygen atoms in total. The van der Waals surface area contributed by atoms with Crippen LogP contribution in [0.5, 0.6) is 0 Å². The highest BCUT2D eigenvalue weighted by Gasteiger charge is 2.38. The average molecular weight is 493 g/mol. The molecule has 1 aliphatic rings. The first-order valence-electron chi connectivity index (χ1n) is 13.3. The molecule has 0 fully saturated rings. The number of rotatable bonds is 8. The quantitative estimate of drug-likeness (QED) is 0.258. The molecule has 0 radical (unpaired) electrons. The number of aromatic nitrogens is 3. The monoisotopic (exact) mass is 492 g/mol. The Hall–Kier alpha value is -3.73. The van der Waals surface area contributed by atoms with Gasteiger partial charge in [0.1, 0.15) is 5.82 Å². The number of hydrogen-bond acceptors (Lipinski definition) is 4. The third-order valence-corrected chi connectivity index (χ3v) is 8.20. The SMILES string of the molecule is CCC(CC)(CC(=O)c1cnn2c1NC(c1ccccc1)CC2(C)C)c1ccc(-c2cccnc2)cc1. The minimum Gasteiger partial charge on any atom is -0.363 e. The predicted molar refractivity (Wildman–Crippen MR) is 150 cm³/mol. The predicted octanol–water partition coefficient (Wildman–Crippen LogP) is 7.57. The van der Waals surface area contributed by atoms with Crippen molar-refractivity contribution in [1.82, 2.24) is 14.8 Å². The van der Waals surface area contributed by atoms with Gasteiger partial charge in [0, 0.05) is 24.2 Å². The van der Waals surface area contributed by atoms with Gasteiger partial charge in [-0.3, -0.25) is 9.78 Å². The van der Waals surface area contributed by atoms with Gasteiger partial charge >= 0.3 is 0 Å². The molecule has 0 amide bonds. The van der Waals surface area contributed by atoms with Crippen molar-refractivity contribution in [3.63, 3.8) is 0 Å². The highest BCUT2D eigenvalue weighted by molar-refractivity contribution is 6.01. The van der Waals surface area contributed by atoms with E-state index in [0.717, 1.165) is 36.2 Å². The van der Waals surface area contributed by atoms with E-state index in [0.29, 0.717) is 12.0 Å². The number of Topliss-reactive ketones (excluding diaryl/α,β-unsaturated/α-hetero) is 1. The third kappa shape index (κ3) is 4.71. The van der Waals surface area contributed by atoms with Gasteiger partial charge < -0.3 is 5.32 Å². The van der Waals surface area contributed by atoms with E-state index in [1.807, 2.05) is 23.0 Å². The maximum Gasteiger partial charge on any atom is 0.169 e. The first-order valence-corrected chi connectivity index (χ1v) is 13.3. The smallest absolute Gasteiger partial charge is 0.169 e. The standard InChI is InChI=1S/C32H36N4O/c1-5-32(6-2,26-16-14-23(15-17-26)25-13-10-18-33-21-25)20-29(37)27-22-34-36-30(27)35-28(19-31(36,3)4)24-11-8-7-9-12-24/h7-18,21-22,28,35H,5-6,19-20H2,1-4H3. The number of hydrogen-bond donors (Lipinski definition) is 1. The Kier molecular flexibility index (Phi) is 6.72. The minimum absolute atomic E-state index is 0.133. The van der Waals surface area contributed by atoms with E-state index in [-0.39, 0.29) is 22.8 Å². The Bertz CT molecular complexity index is 1350. The van der Waals surface area contributed by atoms with Crippen molar-refractivity contribution in [2.24, 2.45) is 0 Å². The van der Waals surface area contributed by atoms with Crippen LogP contribution in [-0.2, 0) is 11.0 Å². The molecule has 0 saturated carbocycles. The molecule has 2 aromatic carbocycles. The molecule has 0 saturated heterocycles. The van der Waals surface area contributed by atoms with Crippen molar-refractivity contribution in [1.29, 1.82) is 0 Å². The van der Waals surface area contributed by atoms with E-state index >= 15 is 0 Å². The van der Waals surface area contributed by atoms with Crippen molar-refractivity contribution < 1.29 is 4.79 Å². The third-order valence-electron chi connectivity index (χ3n) is 8.20. The Morgan fingerprint density at radius 2 is 1.70 bits per heavy atom. The molecule has 0 bridgehead atoms. The number of benzene rings is 2. The van der Waals surface area contributed by atoms with Crippen LogP contribution >= 0.6 is 0 Å². The van der Waals surface area contributed by atoms with Gasteiger partial charge in [0.2, 0.25) is 0 Å². The number of ketones is 1. The van der Waals surface area contributed by atoms with E-state index in [1.54, 1.807) is 12.4 Å². The molecule has 2 aromatic heterocycles. The maximum absolute atomic E-state index is 13.9. The lowest BCUT2D eigenvalue weighted by Crippen LogP contribution is -2.38. The van der Waals surface area contributed by atoms with Crippen LogP contribution in [0.15, 0.2) is 85.3 Å². The summed E-state index contributed by atoms with van der Waals surface area (Å²) in [7, 11) is 0. The van der Waals surface area contributed by atoms with Crippen LogP contribution < -0.4 is 5.32 Å². The van der Waals surface area contributed by atoms with Crippen molar-refractivity contribution in [2.75, 3.05) is 5.32 Å². The van der Waals surface area contributed by atoms with E-state index in [1.165, 1.54) is 11.1 Å².